The summed E-state index contributed by atoms with van der Waals surface area (Å²) in [5.41, 5.74) is 2.89. The average molecular weight is 631 g/mol. The smallest absolute Gasteiger partial charge is 0.374 e. The van der Waals surface area contributed by atoms with Crippen molar-refractivity contribution >= 4 is 41.0 Å². The van der Waals surface area contributed by atoms with E-state index in [1.54, 1.807) is 0 Å². The van der Waals surface area contributed by atoms with E-state index in [0.29, 0.717) is 89.0 Å². The number of hydrogen-bond acceptors (Lipinski definition) is 8. The van der Waals surface area contributed by atoms with E-state index in [1.807, 2.05) is 67.5 Å². The fourth-order valence-electron chi connectivity index (χ4n) is 4.52. The van der Waals surface area contributed by atoms with Crippen molar-refractivity contribution in [3.8, 4) is 0 Å². The number of hydrogen-bond donors (Lipinski definition) is 4. The number of rotatable bonds is 22. The standard InChI is InChI=1S/C28H54N4O8Si2/c1-9-35-41(36-10-2,37-11-3)21-15-19-29-27(33)31-25-18-17-23(7)26(24(25)8)32-28(34)30-20-16-22-42(38-12-4,39-13-5)40-14-6/h17-18H,9-16,19-22H2,1-8H3,(H2,29,31,33)(H2,30,32,34). The zero-order valence-corrected chi connectivity index (χ0v) is 28.9. The second kappa shape index (κ2) is 20.8. The molecule has 0 aromatic heterocycles. The van der Waals surface area contributed by atoms with Crippen molar-refractivity contribution in [2.75, 3.05) is 63.4 Å². The molecule has 242 valence electrons. The van der Waals surface area contributed by atoms with Gasteiger partial charge in [0.25, 0.3) is 0 Å². The van der Waals surface area contributed by atoms with Crippen LogP contribution in [0.15, 0.2) is 12.1 Å². The molecule has 0 radical (unpaired) electrons. The molecule has 0 aliphatic rings. The van der Waals surface area contributed by atoms with Gasteiger partial charge in [-0.05, 0) is 85.4 Å². The second-order valence-electron chi connectivity index (χ2n) is 9.36. The summed E-state index contributed by atoms with van der Waals surface area (Å²) in [5.74, 6) is 0. The Kier molecular flexibility index (Phi) is 18.8. The van der Waals surface area contributed by atoms with Crippen molar-refractivity contribution in [3.05, 3.63) is 23.3 Å². The van der Waals surface area contributed by atoms with Gasteiger partial charge in [-0.2, -0.15) is 0 Å². The Morgan fingerprint density at radius 2 is 1.00 bits per heavy atom. The molecule has 1 aromatic carbocycles. The Morgan fingerprint density at radius 1 is 0.619 bits per heavy atom. The van der Waals surface area contributed by atoms with Gasteiger partial charge in [0.15, 0.2) is 0 Å². The van der Waals surface area contributed by atoms with Crippen molar-refractivity contribution < 1.29 is 36.1 Å². The van der Waals surface area contributed by atoms with Crippen LogP contribution in [0.3, 0.4) is 0 Å². The van der Waals surface area contributed by atoms with Gasteiger partial charge < -0.3 is 47.8 Å². The third kappa shape index (κ3) is 13.1. The fourth-order valence-corrected chi connectivity index (χ4v) is 9.74. The first-order valence-electron chi connectivity index (χ1n) is 15.2. The van der Waals surface area contributed by atoms with Gasteiger partial charge in [-0.25, -0.2) is 9.59 Å². The maximum atomic E-state index is 12.7. The zero-order chi connectivity index (χ0) is 31.4. The summed E-state index contributed by atoms with van der Waals surface area (Å²) in [7, 11) is -5.50. The summed E-state index contributed by atoms with van der Waals surface area (Å²) in [5, 5.41) is 11.6. The molecule has 12 nitrogen and oxygen atoms in total. The molecule has 0 saturated heterocycles. The highest BCUT2D eigenvalue weighted by molar-refractivity contribution is 6.61. The third-order valence-electron chi connectivity index (χ3n) is 6.24. The van der Waals surface area contributed by atoms with Crippen LogP contribution in [-0.4, -0.2) is 82.4 Å². The predicted octanol–water partition coefficient (Wildman–Crippen LogP) is 5.42. The Bertz CT molecular complexity index is 907. The van der Waals surface area contributed by atoms with Crippen molar-refractivity contribution in [2.24, 2.45) is 0 Å². The Balaban J connectivity index is 2.67. The van der Waals surface area contributed by atoms with E-state index in [-0.39, 0.29) is 12.1 Å². The van der Waals surface area contributed by atoms with E-state index >= 15 is 0 Å². The first kappa shape index (κ1) is 38.0. The van der Waals surface area contributed by atoms with Crippen LogP contribution in [0.25, 0.3) is 0 Å². The molecule has 0 saturated carbocycles. The molecule has 42 heavy (non-hydrogen) atoms. The molecule has 0 fully saturated rings. The third-order valence-corrected chi connectivity index (χ3v) is 12.5. The van der Waals surface area contributed by atoms with E-state index in [1.165, 1.54) is 0 Å². The van der Waals surface area contributed by atoms with Crippen LogP contribution in [0.1, 0.15) is 65.5 Å². The molecule has 1 rings (SSSR count). The van der Waals surface area contributed by atoms with Gasteiger partial charge in [0.05, 0.1) is 5.69 Å². The summed E-state index contributed by atoms with van der Waals surface area (Å²) in [6, 6.07) is 4.24. The lowest BCUT2D eigenvalue weighted by Crippen LogP contribution is -2.46. The van der Waals surface area contributed by atoms with Crippen LogP contribution in [-0.2, 0) is 26.6 Å². The summed E-state index contributed by atoms with van der Waals surface area (Å²) < 4.78 is 35.2. The number of carbonyl (C=O) groups excluding carboxylic acids is 2. The van der Waals surface area contributed by atoms with Crippen LogP contribution in [0.2, 0.25) is 12.1 Å². The highest BCUT2D eigenvalue weighted by Crippen LogP contribution is 2.27. The van der Waals surface area contributed by atoms with Crippen LogP contribution in [0.4, 0.5) is 21.0 Å². The molecular formula is C28H54N4O8Si2. The van der Waals surface area contributed by atoms with Crippen molar-refractivity contribution in [1.82, 2.24) is 10.6 Å². The summed E-state index contributed by atoms with van der Waals surface area (Å²) >= 11 is 0. The molecule has 0 aliphatic carbocycles. The van der Waals surface area contributed by atoms with E-state index in [2.05, 4.69) is 21.3 Å². The lowest BCUT2D eigenvalue weighted by atomic mass is 10.1. The number of urea groups is 2. The van der Waals surface area contributed by atoms with Crippen molar-refractivity contribution in [1.29, 1.82) is 0 Å². The number of benzene rings is 1. The molecule has 0 atom stereocenters. The van der Waals surface area contributed by atoms with Gasteiger partial charge in [-0.15, -0.1) is 0 Å². The lowest BCUT2D eigenvalue weighted by molar-refractivity contribution is 0.0701. The molecule has 0 heterocycles. The van der Waals surface area contributed by atoms with Crippen molar-refractivity contribution in [3.63, 3.8) is 0 Å². The maximum Gasteiger partial charge on any atom is 0.500 e. The molecule has 1 aromatic rings. The molecule has 14 heteroatoms. The zero-order valence-electron chi connectivity index (χ0n) is 26.9. The van der Waals surface area contributed by atoms with Crippen LogP contribution in [0.5, 0.6) is 0 Å². The minimum Gasteiger partial charge on any atom is -0.374 e. The van der Waals surface area contributed by atoms with Gasteiger partial charge in [0, 0.05) is 70.5 Å². The Morgan fingerprint density at radius 3 is 1.38 bits per heavy atom. The van der Waals surface area contributed by atoms with E-state index in [9.17, 15) is 9.59 Å². The molecule has 0 bridgehead atoms. The summed E-state index contributed by atoms with van der Waals surface area (Å²) in [4.78, 5) is 25.4. The minimum atomic E-state index is -2.75. The topological polar surface area (TPSA) is 138 Å². The van der Waals surface area contributed by atoms with Gasteiger partial charge in [0.2, 0.25) is 0 Å². The quantitative estimate of drug-likeness (QED) is 0.0984. The van der Waals surface area contributed by atoms with Crippen LogP contribution >= 0.6 is 0 Å². The molecule has 0 aliphatic heterocycles. The van der Waals surface area contributed by atoms with E-state index in [0.717, 1.165) is 11.1 Å². The maximum absolute atomic E-state index is 12.7. The summed E-state index contributed by atoms with van der Waals surface area (Å²) in [6.07, 6.45) is 1.31. The van der Waals surface area contributed by atoms with Gasteiger partial charge in [0.1, 0.15) is 0 Å². The molecule has 4 amide bonds. The largest absolute Gasteiger partial charge is 0.500 e. The van der Waals surface area contributed by atoms with Gasteiger partial charge in [-0.3, -0.25) is 0 Å². The van der Waals surface area contributed by atoms with E-state index in [4.69, 9.17) is 26.6 Å². The second-order valence-corrected chi connectivity index (χ2v) is 14.8. The molecule has 4 N–H and O–H groups in total. The Hall–Kier alpha value is -2.05. The molecule has 0 unspecified atom stereocenters. The Labute approximate surface area is 254 Å². The minimum absolute atomic E-state index is 0.329. The molecular weight excluding hydrogens is 577 g/mol. The van der Waals surface area contributed by atoms with Gasteiger partial charge >= 0.3 is 29.7 Å². The highest BCUT2D eigenvalue weighted by Gasteiger charge is 2.40. The predicted molar refractivity (Wildman–Crippen MR) is 170 cm³/mol. The lowest BCUT2D eigenvalue weighted by Gasteiger charge is -2.28. The average Bonchev–Trinajstić information content (AvgIpc) is 2.94. The van der Waals surface area contributed by atoms with Crippen LogP contribution in [0, 0.1) is 13.8 Å². The first-order valence-corrected chi connectivity index (χ1v) is 19.0. The van der Waals surface area contributed by atoms with Gasteiger partial charge in [-0.1, -0.05) is 6.07 Å². The number of amides is 4. The SMILES string of the molecule is CCO[Si](CCCNC(=O)Nc1ccc(C)c(NC(=O)NCCC[Si](OCC)(OCC)OCC)c1C)(OCC)OCC. The van der Waals surface area contributed by atoms with Crippen molar-refractivity contribution in [2.45, 2.75) is 80.3 Å². The first-order chi connectivity index (χ1) is 20.1. The number of aryl methyl sites for hydroxylation is 1. The van der Waals surface area contributed by atoms with Crippen LogP contribution < -0.4 is 21.3 Å². The molecule has 0 spiro atoms. The summed E-state index contributed by atoms with van der Waals surface area (Å²) in [6.45, 7) is 19.2. The number of nitrogens with one attached hydrogen (secondary N) is 4. The number of carbonyl (C=O) groups is 2. The normalized spacial score (nSPS) is 11.8. The number of anilines is 2. The van der Waals surface area contributed by atoms with E-state index < -0.39 is 17.6 Å². The highest BCUT2D eigenvalue weighted by atomic mass is 28.4. The monoisotopic (exact) mass is 630 g/mol. The fraction of sp³-hybridized carbons (Fsp3) is 0.714.